The lowest BCUT2D eigenvalue weighted by molar-refractivity contribution is 0.180. The van der Waals surface area contributed by atoms with Gasteiger partial charge in [-0.25, -0.2) is 0 Å². The molecule has 0 aliphatic carbocycles. The van der Waals surface area contributed by atoms with Gasteiger partial charge in [0.05, 0.1) is 12.6 Å². The van der Waals surface area contributed by atoms with E-state index < -0.39 is 0 Å². The first-order valence-corrected chi connectivity index (χ1v) is 7.68. The van der Waals surface area contributed by atoms with Crippen LogP contribution in [0.1, 0.15) is 33.6 Å². The summed E-state index contributed by atoms with van der Waals surface area (Å²) in [7, 11) is 0. The van der Waals surface area contributed by atoms with Gasteiger partial charge in [0.15, 0.2) is 5.17 Å². The number of ether oxygens (including phenoxy) is 1. The van der Waals surface area contributed by atoms with Crippen LogP contribution in [0.4, 0.5) is 0 Å². The Bertz CT molecular complexity index is 275. The average molecular weight is 256 g/mol. The second kappa shape index (κ2) is 6.10. The van der Waals surface area contributed by atoms with Crippen LogP contribution in [0.15, 0.2) is 4.99 Å². The summed E-state index contributed by atoms with van der Waals surface area (Å²) in [5, 5.41) is 4.71. The molecular weight excluding hydrogens is 232 g/mol. The van der Waals surface area contributed by atoms with Crippen molar-refractivity contribution in [2.24, 2.45) is 16.8 Å². The van der Waals surface area contributed by atoms with Gasteiger partial charge in [-0.1, -0.05) is 25.6 Å². The molecule has 0 aromatic carbocycles. The van der Waals surface area contributed by atoms with Crippen LogP contribution in [0.25, 0.3) is 0 Å². The molecule has 2 rings (SSSR count). The fourth-order valence-corrected chi connectivity index (χ4v) is 3.47. The minimum absolute atomic E-state index is 0.488. The summed E-state index contributed by atoms with van der Waals surface area (Å²) < 4.78 is 5.43. The Balaban J connectivity index is 1.78. The lowest BCUT2D eigenvalue weighted by atomic mass is 10.0. The maximum atomic E-state index is 5.43. The zero-order chi connectivity index (χ0) is 12.3. The van der Waals surface area contributed by atoms with Gasteiger partial charge in [-0.15, -0.1) is 0 Å². The van der Waals surface area contributed by atoms with Crippen LogP contribution < -0.4 is 5.32 Å². The standard InChI is InChI=1S/C13H24N2OS/c1-9(2)6-12-8-17-13(15-12)14-10(3)11-4-5-16-7-11/h9-12H,4-8H2,1-3H3,(H,14,15). The Morgan fingerprint density at radius 2 is 2.29 bits per heavy atom. The van der Waals surface area contributed by atoms with Crippen molar-refractivity contribution in [3.63, 3.8) is 0 Å². The molecule has 0 saturated carbocycles. The fourth-order valence-electron chi connectivity index (χ4n) is 2.42. The molecule has 0 aromatic rings. The van der Waals surface area contributed by atoms with Crippen LogP contribution >= 0.6 is 11.8 Å². The highest BCUT2D eigenvalue weighted by molar-refractivity contribution is 8.14. The summed E-state index contributed by atoms with van der Waals surface area (Å²) in [6.45, 7) is 8.61. The van der Waals surface area contributed by atoms with Crippen LogP contribution in [0, 0.1) is 11.8 Å². The first-order chi connectivity index (χ1) is 8.15. The summed E-state index contributed by atoms with van der Waals surface area (Å²) in [6.07, 6.45) is 2.39. The minimum atomic E-state index is 0.488. The maximum Gasteiger partial charge on any atom is 0.157 e. The number of aliphatic imine (C=N–C) groups is 1. The zero-order valence-electron chi connectivity index (χ0n) is 11.1. The Kier molecular flexibility index (Phi) is 4.74. The van der Waals surface area contributed by atoms with Crippen molar-refractivity contribution in [2.75, 3.05) is 19.0 Å². The van der Waals surface area contributed by atoms with Crippen molar-refractivity contribution in [3.05, 3.63) is 0 Å². The Morgan fingerprint density at radius 3 is 2.94 bits per heavy atom. The molecule has 0 spiro atoms. The molecule has 1 N–H and O–H groups in total. The largest absolute Gasteiger partial charge is 0.381 e. The lowest BCUT2D eigenvalue weighted by Crippen LogP contribution is -2.36. The van der Waals surface area contributed by atoms with Crippen molar-refractivity contribution in [1.29, 1.82) is 0 Å². The van der Waals surface area contributed by atoms with E-state index in [0.717, 1.165) is 30.1 Å². The predicted octanol–water partition coefficient (Wildman–Crippen LogP) is 2.52. The van der Waals surface area contributed by atoms with Gasteiger partial charge in [-0.05, 0) is 25.7 Å². The highest BCUT2D eigenvalue weighted by Crippen LogP contribution is 2.23. The van der Waals surface area contributed by atoms with Crippen LogP contribution in [-0.2, 0) is 4.74 Å². The van der Waals surface area contributed by atoms with E-state index in [2.05, 4.69) is 26.1 Å². The monoisotopic (exact) mass is 256 g/mol. The second-order valence-corrected chi connectivity index (χ2v) is 6.59. The molecule has 1 fully saturated rings. The van der Waals surface area contributed by atoms with E-state index in [4.69, 9.17) is 9.73 Å². The second-order valence-electron chi connectivity index (χ2n) is 5.59. The molecule has 2 aliphatic rings. The van der Waals surface area contributed by atoms with Gasteiger partial charge in [0.1, 0.15) is 0 Å². The van der Waals surface area contributed by atoms with E-state index in [1.165, 1.54) is 12.8 Å². The molecule has 17 heavy (non-hydrogen) atoms. The smallest absolute Gasteiger partial charge is 0.157 e. The molecule has 4 heteroatoms. The van der Waals surface area contributed by atoms with E-state index >= 15 is 0 Å². The number of nitrogens with one attached hydrogen (secondary N) is 1. The molecule has 2 heterocycles. The average Bonchev–Trinajstić information content (AvgIpc) is 2.87. The van der Waals surface area contributed by atoms with E-state index in [1.54, 1.807) is 0 Å². The summed E-state index contributed by atoms with van der Waals surface area (Å²) in [4.78, 5) is 4.77. The van der Waals surface area contributed by atoms with Crippen molar-refractivity contribution < 1.29 is 4.74 Å². The van der Waals surface area contributed by atoms with Crippen LogP contribution in [0.3, 0.4) is 0 Å². The third-order valence-corrected chi connectivity index (χ3v) is 4.53. The first-order valence-electron chi connectivity index (χ1n) is 6.70. The third-order valence-electron chi connectivity index (χ3n) is 3.48. The molecule has 0 radical (unpaired) electrons. The van der Waals surface area contributed by atoms with Crippen LogP contribution in [-0.4, -0.2) is 36.2 Å². The molecule has 98 valence electrons. The molecule has 1 saturated heterocycles. The number of nitrogens with zero attached hydrogens (tertiary/aromatic N) is 1. The van der Waals surface area contributed by atoms with E-state index in [-0.39, 0.29) is 0 Å². The van der Waals surface area contributed by atoms with Crippen LogP contribution in [0.5, 0.6) is 0 Å². The van der Waals surface area contributed by atoms with Crippen molar-refractivity contribution in [1.82, 2.24) is 5.32 Å². The summed E-state index contributed by atoms with van der Waals surface area (Å²) >= 11 is 1.88. The molecule has 3 unspecified atom stereocenters. The predicted molar refractivity (Wildman–Crippen MR) is 74.7 cm³/mol. The quantitative estimate of drug-likeness (QED) is 0.839. The minimum Gasteiger partial charge on any atom is -0.381 e. The van der Waals surface area contributed by atoms with Gasteiger partial charge in [0, 0.05) is 24.3 Å². The van der Waals surface area contributed by atoms with Gasteiger partial charge in [0.2, 0.25) is 0 Å². The van der Waals surface area contributed by atoms with Gasteiger partial charge in [-0.2, -0.15) is 0 Å². The highest BCUT2D eigenvalue weighted by atomic mass is 32.2. The summed E-state index contributed by atoms with van der Waals surface area (Å²) in [5.74, 6) is 2.54. The first kappa shape index (κ1) is 13.2. The topological polar surface area (TPSA) is 33.6 Å². The van der Waals surface area contributed by atoms with E-state index in [1.807, 2.05) is 11.8 Å². The third kappa shape index (κ3) is 3.88. The summed E-state index contributed by atoms with van der Waals surface area (Å²) in [6, 6.07) is 1.01. The molecule has 3 atom stereocenters. The number of hydrogen-bond acceptors (Lipinski definition) is 4. The molecular formula is C13H24N2OS. The Labute approximate surface area is 109 Å². The van der Waals surface area contributed by atoms with Crippen molar-refractivity contribution in [3.8, 4) is 0 Å². The maximum absolute atomic E-state index is 5.43. The zero-order valence-corrected chi connectivity index (χ0v) is 11.9. The van der Waals surface area contributed by atoms with Crippen molar-refractivity contribution in [2.45, 2.75) is 45.7 Å². The highest BCUT2D eigenvalue weighted by Gasteiger charge is 2.25. The van der Waals surface area contributed by atoms with Gasteiger partial charge in [-0.3, -0.25) is 4.99 Å². The van der Waals surface area contributed by atoms with Gasteiger partial charge in [0.25, 0.3) is 0 Å². The number of thioether (sulfide) groups is 1. The van der Waals surface area contributed by atoms with E-state index in [9.17, 15) is 0 Å². The Morgan fingerprint density at radius 1 is 1.47 bits per heavy atom. The van der Waals surface area contributed by atoms with E-state index in [0.29, 0.717) is 18.0 Å². The fraction of sp³-hybridized carbons (Fsp3) is 0.923. The SMILES string of the molecule is CC(C)CC1CSC(NC(C)C2CCOC2)=N1. The molecule has 2 aliphatic heterocycles. The van der Waals surface area contributed by atoms with Crippen LogP contribution in [0.2, 0.25) is 0 Å². The van der Waals surface area contributed by atoms with Gasteiger partial charge < -0.3 is 10.1 Å². The molecule has 0 bridgehead atoms. The summed E-state index contributed by atoms with van der Waals surface area (Å²) in [5.41, 5.74) is 0. The normalized spacial score (nSPS) is 30.7. The molecule has 3 nitrogen and oxygen atoms in total. The Hall–Kier alpha value is -0.220. The number of hydrogen-bond donors (Lipinski definition) is 1. The van der Waals surface area contributed by atoms with Crippen molar-refractivity contribution >= 4 is 16.9 Å². The number of amidine groups is 1. The molecule has 0 amide bonds. The molecule has 0 aromatic heterocycles. The lowest BCUT2D eigenvalue weighted by Gasteiger charge is -2.19. The van der Waals surface area contributed by atoms with Gasteiger partial charge >= 0.3 is 0 Å². The number of rotatable bonds is 4.